The molecular weight excluding hydrogens is 309 g/mol. The van der Waals surface area contributed by atoms with E-state index in [0.29, 0.717) is 5.75 Å². The summed E-state index contributed by atoms with van der Waals surface area (Å²) in [6.07, 6.45) is 0. The topological polar surface area (TPSA) is 38.3 Å². The molecule has 1 N–H and O–H groups in total. The highest BCUT2D eigenvalue weighted by Gasteiger charge is 2.27. The van der Waals surface area contributed by atoms with Crippen LogP contribution in [0.5, 0.6) is 5.75 Å². The van der Waals surface area contributed by atoms with Gasteiger partial charge in [0, 0.05) is 5.56 Å². The first-order chi connectivity index (χ1) is 10.4. The van der Waals surface area contributed by atoms with Gasteiger partial charge in [0.15, 0.2) is 23.3 Å². The summed E-state index contributed by atoms with van der Waals surface area (Å²) in [5.74, 6) is -11.4. The number of amides is 1. The van der Waals surface area contributed by atoms with Gasteiger partial charge in [-0.2, -0.15) is 0 Å². The molecule has 0 bridgehead atoms. The SMILES string of the molecule is COc1ccc(C(=O)Nc2c(F)c(F)c(F)c(F)c2F)cc1. The van der Waals surface area contributed by atoms with Crippen molar-refractivity contribution >= 4 is 11.6 Å². The van der Waals surface area contributed by atoms with Crippen molar-refractivity contribution in [2.24, 2.45) is 0 Å². The van der Waals surface area contributed by atoms with Gasteiger partial charge in [-0.1, -0.05) is 0 Å². The summed E-state index contributed by atoms with van der Waals surface area (Å²) < 4.78 is 70.7. The molecule has 0 heterocycles. The monoisotopic (exact) mass is 317 g/mol. The first-order valence-electron chi connectivity index (χ1n) is 5.83. The van der Waals surface area contributed by atoms with E-state index in [2.05, 4.69) is 0 Å². The third kappa shape index (κ3) is 2.72. The summed E-state index contributed by atoms with van der Waals surface area (Å²) in [6, 6.07) is 5.32. The molecule has 2 rings (SSSR count). The van der Waals surface area contributed by atoms with Crippen LogP contribution in [0.2, 0.25) is 0 Å². The molecule has 8 heteroatoms. The van der Waals surface area contributed by atoms with E-state index in [1.807, 2.05) is 0 Å². The maximum Gasteiger partial charge on any atom is 0.255 e. The highest BCUT2D eigenvalue weighted by atomic mass is 19.2. The van der Waals surface area contributed by atoms with Crippen molar-refractivity contribution < 1.29 is 31.5 Å². The minimum absolute atomic E-state index is 0.0512. The fourth-order valence-corrected chi connectivity index (χ4v) is 1.64. The summed E-state index contributed by atoms with van der Waals surface area (Å²) in [5.41, 5.74) is -1.46. The van der Waals surface area contributed by atoms with E-state index in [-0.39, 0.29) is 5.56 Å². The van der Waals surface area contributed by atoms with Gasteiger partial charge < -0.3 is 10.1 Å². The third-order valence-electron chi connectivity index (χ3n) is 2.80. The van der Waals surface area contributed by atoms with Gasteiger partial charge in [-0.3, -0.25) is 4.79 Å². The molecule has 0 saturated carbocycles. The number of rotatable bonds is 3. The number of halogens is 5. The van der Waals surface area contributed by atoms with Crippen molar-refractivity contribution in [2.75, 3.05) is 12.4 Å². The number of benzene rings is 2. The number of ether oxygens (including phenoxy) is 1. The van der Waals surface area contributed by atoms with Crippen molar-refractivity contribution in [1.82, 2.24) is 0 Å². The molecule has 116 valence electrons. The molecule has 0 aliphatic rings. The second-order valence-electron chi connectivity index (χ2n) is 4.13. The Morgan fingerprint density at radius 2 is 1.32 bits per heavy atom. The summed E-state index contributed by atoms with van der Waals surface area (Å²) in [7, 11) is 1.39. The fraction of sp³-hybridized carbons (Fsp3) is 0.0714. The quantitative estimate of drug-likeness (QED) is 0.533. The summed E-state index contributed by atoms with van der Waals surface area (Å²) >= 11 is 0. The second-order valence-corrected chi connectivity index (χ2v) is 4.13. The van der Waals surface area contributed by atoms with E-state index in [1.54, 1.807) is 5.32 Å². The van der Waals surface area contributed by atoms with Crippen LogP contribution in [-0.2, 0) is 0 Å². The van der Waals surface area contributed by atoms with E-state index in [4.69, 9.17) is 4.74 Å². The van der Waals surface area contributed by atoms with Gasteiger partial charge in [-0.25, -0.2) is 22.0 Å². The number of carbonyl (C=O) groups excluding carboxylic acids is 1. The Morgan fingerprint density at radius 1 is 0.864 bits per heavy atom. The van der Waals surface area contributed by atoms with E-state index in [9.17, 15) is 26.7 Å². The molecule has 0 spiro atoms. The first kappa shape index (κ1) is 15.7. The maximum atomic E-state index is 13.4. The van der Waals surface area contributed by atoms with Gasteiger partial charge in [-0.15, -0.1) is 0 Å². The van der Waals surface area contributed by atoms with Crippen LogP contribution in [0.25, 0.3) is 0 Å². The molecule has 0 fully saturated rings. The van der Waals surface area contributed by atoms with Gasteiger partial charge in [0.05, 0.1) is 7.11 Å². The van der Waals surface area contributed by atoms with Crippen molar-refractivity contribution in [3.05, 3.63) is 58.9 Å². The average Bonchev–Trinajstić information content (AvgIpc) is 2.55. The van der Waals surface area contributed by atoms with E-state index < -0.39 is 40.7 Å². The zero-order chi connectivity index (χ0) is 16.4. The molecule has 0 radical (unpaired) electrons. The van der Waals surface area contributed by atoms with Crippen LogP contribution in [0.15, 0.2) is 24.3 Å². The standard InChI is InChI=1S/C14H8F5NO2/c1-22-7-4-2-6(3-5-7)14(21)20-13-11(18)9(16)8(15)10(17)12(13)19/h2-5H,1H3,(H,20,21). The Labute approximate surface area is 121 Å². The highest BCUT2D eigenvalue weighted by Crippen LogP contribution is 2.27. The van der Waals surface area contributed by atoms with Crippen LogP contribution in [-0.4, -0.2) is 13.0 Å². The summed E-state index contributed by atoms with van der Waals surface area (Å²) in [6.45, 7) is 0. The fourth-order valence-electron chi connectivity index (χ4n) is 1.64. The van der Waals surface area contributed by atoms with Crippen LogP contribution < -0.4 is 10.1 Å². The van der Waals surface area contributed by atoms with Crippen molar-refractivity contribution in [3.8, 4) is 5.75 Å². The molecule has 2 aromatic carbocycles. The van der Waals surface area contributed by atoms with Gasteiger partial charge in [0.2, 0.25) is 5.82 Å². The average molecular weight is 317 g/mol. The van der Waals surface area contributed by atoms with Crippen molar-refractivity contribution in [1.29, 1.82) is 0 Å². The molecule has 0 aliphatic carbocycles. The summed E-state index contributed by atoms with van der Waals surface area (Å²) in [5, 5.41) is 1.66. The van der Waals surface area contributed by atoms with Crippen LogP contribution in [0, 0.1) is 29.1 Å². The lowest BCUT2D eigenvalue weighted by Gasteiger charge is -2.10. The Morgan fingerprint density at radius 3 is 1.77 bits per heavy atom. The normalized spacial score (nSPS) is 10.5. The minimum atomic E-state index is -2.29. The van der Waals surface area contributed by atoms with Gasteiger partial charge >= 0.3 is 0 Å². The van der Waals surface area contributed by atoms with Gasteiger partial charge in [0.1, 0.15) is 11.4 Å². The van der Waals surface area contributed by atoms with E-state index in [1.165, 1.54) is 31.4 Å². The molecule has 0 atom stereocenters. The van der Waals surface area contributed by atoms with Crippen LogP contribution in [0.1, 0.15) is 10.4 Å². The largest absolute Gasteiger partial charge is 0.497 e. The zero-order valence-electron chi connectivity index (χ0n) is 11.0. The number of anilines is 1. The summed E-state index contributed by atoms with van der Waals surface area (Å²) in [4.78, 5) is 11.8. The Hall–Kier alpha value is -2.64. The van der Waals surface area contributed by atoms with E-state index >= 15 is 0 Å². The van der Waals surface area contributed by atoms with Crippen LogP contribution in [0.3, 0.4) is 0 Å². The lowest BCUT2D eigenvalue weighted by atomic mass is 10.2. The molecule has 0 aromatic heterocycles. The van der Waals surface area contributed by atoms with Gasteiger partial charge in [-0.05, 0) is 24.3 Å². The Kier molecular flexibility index (Phi) is 4.30. The lowest BCUT2D eigenvalue weighted by Crippen LogP contribution is -2.16. The van der Waals surface area contributed by atoms with Crippen molar-refractivity contribution in [3.63, 3.8) is 0 Å². The third-order valence-corrected chi connectivity index (χ3v) is 2.80. The Balaban J connectivity index is 2.36. The predicted molar refractivity (Wildman–Crippen MR) is 67.2 cm³/mol. The van der Waals surface area contributed by atoms with Crippen LogP contribution >= 0.6 is 0 Å². The second kappa shape index (κ2) is 6.00. The molecule has 0 unspecified atom stereocenters. The zero-order valence-corrected chi connectivity index (χ0v) is 11.0. The molecule has 2 aromatic rings. The Bertz CT molecular complexity index is 702. The number of methoxy groups -OCH3 is 1. The molecule has 0 aliphatic heterocycles. The minimum Gasteiger partial charge on any atom is -0.497 e. The predicted octanol–water partition coefficient (Wildman–Crippen LogP) is 3.64. The molecule has 0 saturated heterocycles. The van der Waals surface area contributed by atoms with E-state index in [0.717, 1.165) is 0 Å². The number of carbonyl (C=O) groups is 1. The molecule has 1 amide bonds. The highest BCUT2D eigenvalue weighted by molar-refractivity contribution is 6.04. The lowest BCUT2D eigenvalue weighted by molar-refractivity contribution is 0.102. The smallest absolute Gasteiger partial charge is 0.255 e. The van der Waals surface area contributed by atoms with Crippen LogP contribution in [0.4, 0.5) is 27.6 Å². The van der Waals surface area contributed by atoms with Crippen molar-refractivity contribution in [2.45, 2.75) is 0 Å². The first-order valence-corrected chi connectivity index (χ1v) is 5.83. The maximum absolute atomic E-state index is 13.4. The van der Waals surface area contributed by atoms with Gasteiger partial charge in [0.25, 0.3) is 5.91 Å². The molecular formula is C14H8F5NO2. The number of hydrogen-bond acceptors (Lipinski definition) is 2. The molecule has 3 nitrogen and oxygen atoms in total. The molecule has 22 heavy (non-hydrogen) atoms. The number of nitrogens with one attached hydrogen (secondary N) is 1. The number of hydrogen-bond donors (Lipinski definition) is 1.